The minimum Gasteiger partial charge on any atom is -0.494 e. The third-order valence-corrected chi connectivity index (χ3v) is 3.33. The Morgan fingerprint density at radius 2 is 2.17 bits per heavy atom. The van der Waals surface area contributed by atoms with Crippen LogP contribution in [0.2, 0.25) is 0 Å². The van der Waals surface area contributed by atoms with Gasteiger partial charge in [-0.3, -0.25) is 4.90 Å². The maximum absolute atomic E-state index is 5.32. The van der Waals surface area contributed by atoms with Crippen LogP contribution < -0.4 is 10.1 Å². The van der Waals surface area contributed by atoms with Crippen LogP contribution in [0.4, 0.5) is 0 Å². The van der Waals surface area contributed by atoms with Gasteiger partial charge in [0.25, 0.3) is 0 Å². The smallest absolute Gasteiger partial charge is 0.146 e. The van der Waals surface area contributed by atoms with Crippen LogP contribution in [0.3, 0.4) is 0 Å². The molecule has 0 atom stereocenters. The minimum absolute atomic E-state index is 0.829. The number of rotatable bonds is 3. The molecule has 96 valence electrons. The molecule has 2 aromatic rings. The monoisotopic (exact) mass is 246 g/mol. The Hall–Kier alpha value is -1.59. The van der Waals surface area contributed by atoms with Gasteiger partial charge in [-0.15, -0.1) is 0 Å². The van der Waals surface area contributed by atoms with Crippen LogP contribution in [0, 0.1) is 0 Å². The first-order valence-electron chi connectivity index (χ1n) is 6.31. The first-order chi connectivity index (χ1) is 8.86. The van der Waals surface area contributed by atoms with E-state index in [2.05, 4.69) is 20.2 Å². The number of methoxy groups -OCH3 is 1. The molecule has 0 bridgehead atoms. The van der Waals surface area contributed by atoms with Gasteiger partial charge in [0.05, 0.1) is 19.2 Å². The summed E-state index contributed by atoms with van der Waals surface area (Å²) in [4.78, 5) is 10.4. The molecule has 0 radical (unpaired) electrons. The molecule has 1 aliphatic heterocycles. The average Bonchev–Trinajstić information content (AvgIpc) is 2.82. The van der Waals surface area contributed by atoms with Gasteiger partial charge in [0.2, 0.25) is 0 Å². The van der Waals surface area contributed by atoms with Crippen LogP contribution in [-0.4, -0.2) is 48.2 Å². The van der Waals surface area contributed by atoms with Crippen molar-refractivity contribution < 1.29 is 4.74 Å². The first kappa shape index (κ1) is 11.5. The summed E-state index contributed by atoms with van der Waals surface area (Å²) in [6.07, 6.45) is 0. The molecular formula is C13H18N4O. The number of imidazole rings is 1. The lowest BCUT2D eigenvalue weighted by atomic mass is 10.3. The summed E-state index contributed by atoms with van der Waals surface area (Å²) in [7, 11) is 1.68. The van der Waals surface area contributed by atoms with E-state index in [1.165, 1.54) is 0 Å². The number of piperazine rings is 1. The molecule has 2 heterocycles. The zero-order chi connectivity index (χ0) is 12.4. The molecule has 1 aromatic heterocycles. The number of aromatic nitrogens is 2. The van der Waals surface area contributed by atoms with E-state index >= 15 is 0 Å². The Labute approximate surface area is 106 Å². The number of ether oxygens (including phenoxy) is 1. The van der Waals surface area contributed by atoms with Crippen molar-refractivity contribution in [3.8, 4) is 5.75 Å². The fourth-order valence-electron chi connectivity index (χ4n) is 2.38. The van der Waals surface area contributed by atoms with Gasteiger partial charge in [-0.05, 0) is 12.1 Å². The van der Waals surface area contributed by atoms with Crippen LogP contribution in [0.25, 0.3) is 11.0 Å². The van der Waals surface area contributed by atoms with Crippen LogP contribution >= 0.6 is 0 Å². The number of hydrogen-bond donors (Lipinski definition) is 2. The number of nitrogens with one attached hydrogen (secondary N) is 2. The standard InChI is InChI=1S/C13H18N4O/c1-18-11-4-2-3-10-13(11)16-12(15-10)9-17-7-5-14-6-8-17/h2-4,14H,5-9H2,1H3,(H,15,16). The van der Waals surface area contributed by atoms with E-state index in [-0.39, 0.29) is 0 Å². The third kappa shape index (κ3) is 2.19. The van der Waals surface area contributed by atoms with E-state index < -0.39 is 0 Å². The van der Waals surface area contributed by atoms with Gasteiger partial charge >= 0.3 is 0 Å². The molecule has 5 heteroatoms. The first-order valence-corrected chi connectivity index (χ1v) is 6.31. The molecule has 0 saturated carbocycles. The summed E-state index contributed by atoms with van der Waals surface area (Å²) in [6, 6.07) is 5.96. The molecule has 0 unspecified atom stereocenters. The van der Waals surface area contributed by atoms with Gasteiger partial charge in [-0.25, -0.2) is 4.98 Å². The van der Waals surface area contributed by atoms with E-state index in [9.17, 15) is 0 Å². The van der Waals surface area contributed by atoms with Gasteiger partial charge in [0.1, 0.15) is 17.1 Å². The van der Waals surface area contributed by atoms with Crippen LogP contribution in [0.1, 0.15) is 5.82 Å². The number of H-pyrrole nitrogens is 1. The molecule has 1 fully saturated rings. The number of hydrogen-bond acceptors (Lipinski definition) is 4. The highest BCUT2D eigenvalue weighted by Crippen LogP contribution is 2.23. The topological polar surface area (TPSA) is 53.2 Å². The summed E-state index contributed by atoms with van der Waals surface area (Å²) >= 11 is 0. The molecule has 1 aromatic carbocycles. The van der Waals surface area contributed by atoms with E-state index in [0.717, 1.165) is 55.3 Å². The minimum atomic E-state index is 0.829. The highest BCUT2D eigenvalue weighted by atomic mass is 16.5. The second kappa shape index (κ2) is 4.96. The van der Waals surface area contributed by atoms with Gasteiger partial charge in [0, 0.05) is 26.2 Å². The SMILES string of the molecule is COc1cccc2[nH]c(CN3CCNCC3)nc12. The zero-order valence-corrected chi connectivity index (χ0v) is 10.6. The highest BCUT2D eigenvalue weighted by Gasteiger charge is 2.13. The Bertz CT molecular complexity index is 531. The quantitative estimate of drug-likeness (QED) is 0.847. The molecule has 3 rings (SSSR count). The summed E-state index contributed by atoms with van der Waals surface area (Å²) in [6.45, 7) is 5.15. The lowest BCUT2D eigenvalue weighted by molar-refractivity contribution is 0.229. The van der Waals surface area contributed by atoms with Crippen molar-refractivity contribution in [3.63, 3.8) is 0 Å². The predicted molar refractivity (Wildman–Crippen MR) is 70.8 cm³/mol. The van der Waals surface area contributed by atoms with Crippen LogP contribution in [-0.2, 0) is 6.54 Å². The summed E-state index contributed by atoms with van der Waals surface area (Å²) in [5, 5.41) is 3.35. The normalized spacial score (nSPS) is 17.2. The number of para-hydroxylation sites is 1. The second-order valence-electron chi connectivity index (χ2n) is 4.57. The maximum atomic E-state index is 5.32. The van der Waals surface area contributed by atoms with Crippen LogP contribution in [0.15, 0.2) is 18.2 Å². The zero-order valence-electron chi connectivity index (χ0n) is 10.6. The average molecular weight is 246 g/mol. The van der Waals surface area contributed by atoms with E-state index in [1.54, 1.807) is 7.11 Å². The van der Waals surface area contributed by atoms with Crippen LogP contribution in [0.5, 0.6) is 5.75 Å². The Morgan fingerprint density at radius 1 is 1.33 bits per heavy atom. The molecule has 0 amide bonds. The second-order valence-corrected chi connectivity index (χ2v) is 4.57. The number of aromatic amines is 1. The number of fused-ring (bicyclic) bond motifs is 1. The summed E-state index contributed by atoms with van der Waals surface area (Å²) in [5.74, 6) is 1.84. The lowest BCUT2D eigenvalue weighted by Crippen LogP contribution is -2.43. The highest BCUT2D eigenvalue weighted by molar-refractivity contribution is 5.81. The van der Waals surface area contributed by atoms with Crippen molar-refractivity contribution in [1.29, 1.82) is 0 Å². The Balaban J connectivity index is 1.84. The van der Waals surface area contributed by atoms with Gasteiger partial charge in [-0.1, -0.05) is 6.07 Å². The van der Waals surface area contributed by atoms with Crippen molar-refractivity contribution in [2.75, 3.05) is 33.3 Å². The number of benzene rings is 1. The summed E-state index contributed by atoms with van der Waals surface area (Å²) in [5.41, 5.74) is 1.96. The molecule has 2 N–H and O–H groups in total. The Morgan fingerprint density at radius 3 is 2.94 bits per heavy atom. The molecule has 0 spiro atoms. The Kier molecular flexibility index (Phi) is 3.17. The van der Waals surface area contributed by atoms with Gasteiger partial charge in [0.15, 0.2) is 0 Å². The van der Waals surface area contributed by atoms with Crippen molar-refractivity contribution in [1.82, 2.24) is 20.2 Å². The van der Waals surface area contributed by atoms with Gasteiger partial charge in [-0.2, -0.15) is 0 Å². The molecule has 1 saturated heterocycles. The molecule has 0 aliphatic carbocycles. The molecule has 1 aliphatic rings. The molecular weight excluding hydrogens is 228 g/mol. The van der Waals surface area contributed by atoms with Crippen molar-refractivity contribution in [3.05, 3.63) is 24.0 Å². The molecule has 5 nitrogen and oxygen atoms in total. The lowest BCUT2D eigenvalue weighted by Gasteiger charge is -2.26. The van der Waals surface area contributed by atoms with E-state index in [1.807, 2.05) is 18.2 Å². The fraction of sp³-hybridized carbons (Fsp3) is 0.462. The third-order valence-electron chi connectivity index (χ3n) is 3.33. The van der Waals surface area contributed by atoms with Crippen molar-refractivity contribution in [2.24, 2.45) is 0 Å². The maximum Gasteiger partial charge on any atom is 0.146 e. The fourth-order valence-corrected chi connectivity index (χ4v) is 2.38. The molecule has 18 heavy (non-hydrogen) atoms. The number of nitrogens with zero attached hydrogens (tertiary/aromatic N) is 2. The van der Waals surface area contributed by atoms with Crippen molar-refractivity contribution >= 4 is 11.0 Å². The predicted octanol–water partition coefficient (Wildman–Crippen LogP) is 0.977. The van der Waals surface area contributed by atoms with Gasteiger partial charge < -0.3 is 15.0 Å². The van der Waals surface area contributed by atoms with E-state index in [0.29, 0.717) is 0 Å². The van der Waals surface area contributed by atoms with Crippen molar-refractivity contribution in [2.45, 2.75) is 6.54 Å². The van der Waals surface area contributed by atoms with E-state index in [4.69, 9.17) is 4.74 Å². The summed E-state index contributed by atoms with van der Waals surface area (Å²) < 4.78 is 5.32. The largest absolute Gasteiger partial charge is 0.494 e.